The summed E-state index contributed by atoms with van der Waals surface area (Å²) in [6, 6.07) is 0.374. The molecule has 0 saturated heterocycles. The summed E-state index contributed by atoms with van der Waals surface area (Å²) in [7, 11) is 0. The maximum atomic E-state index is 6.00. The van der Waals surface area contributed by atoms with Gasteiger partial charge in [-0.15, -0.1) is 0 Å². The lowest BCUT2D eigenvalue weighted by atomic mass is 9.76. The van der Waals surface area contributed by atoms with Crippen LogP contribution in [0.3, 0.4) is 0 Å². The molecule has 1 unspecified atom stereocenters. The van der Waals surface area contributed by atoms with E-state index in [4.69, 9.17) is 11.5 Å². The van der Waals surface area contributed by atoms with Gasteiger partial charge < -0.3 is 27.8 Å². The molecule has 1 saturated carbocycles. The van der Waals surface area contributed by atoms with E-state index >= 15 is 0 Å². The smallest absolute Gasteiger partial charge is 0.0394 e. The van der Waals surface area contributed by atoms with Gasteiger partial charge in [0.1, 0.15) is 0 Å². The van der Waals surface area contributed by atoms with E-state index in [-0.39, 0.29) is 0 Å². The molecule has 0 heterocycles. The number of allylic oxidation sites excluding steroid dienone is 5. The largest absolute Gasteiger partial charge is 0.405 e. The van der Waals surface area contributed by atoms with Crippen LogP contribution >= 0.6 is 0 Å². The van der Waals surface area contributed by atoms with Crippen molar-refractivity contribution in [1.29, 1.82) is 0 Å². The molecule has 0 aliphatic heterocycles. The third kappa shape index (κ3) is 14.4. The van der Waals surface area contributed by atoms with Crippen molar-refractivity contribution >= 4 is 0 Å². The highest BCUT2D eigenvalue weighted by Crippen LogP contribution is 2.33. The summed E-state index contributed by atoms with van der Waals surface area (Å²) >= 11 is 0. The molecule has 1 atom stereocenters. The van der Waals surface area contributed by atoms with Crippen molar-refractivity contribution in [3.63, 3.8) is 0 Å². The number of nitrogens with one attached hydrogen (secondary N) is 2. The van der Waals surface area contributed by atoms with Gasteiger partial charge in [-0.1, -0.05) is 64.8 Å². The van der Waals surface area contributed by atoms with Crippen molar-refractivity contribution in [2.24, 2.45) is 29.0 Å². The molecule has 0 aromatic heterocycles. The average Bonchev–Trinajstić information content (AvgIpc) is 2.78. The standard InChI is InChI=1S/C23H38N4.C2H5N.C2H6/c1-5-19(6-2)16-27-23(18(4)11-9-8-10-12-24)21(17-26-7-3)13-20-14-22(25)15-20;1-2-3;1-2/h5-10,12,18,20,22,26-27H,1,3,11,13-17,24-25H2,2,4H3;2H,1,3H2;1-2H3/b9-8+,12-10-,19-6+,23-21+;;. The molecule has 1 aliphatic rings. The van der Waals surface area contributed by atoms with Gasteiger partial charge in [-0.3, -0.25) is 0 Å². The number of nitrogens with two attached hydrogens (primary N) is 3. The van der Waals surface area contributed by atoms with Gasteiger partial charge in [-0.25, -0.2) is 0 Å². The lowest BCUT2D eigenvalue weighted by Crippen LogP contribution is -2.37. The fourth-order valence-electron chi connectivity index (χ4n) is 3.46. The van der Waals surface area contributed by atoms with E-state index in [1.807, 2.05) is 39.0 Å². The van der Waals surface area contributed by atoms with Crippen LogP contribution in [-0.2, 0) is 0 Å². The van der Waals surface area contributed by atoms with E-state index in [2.05, 4.69) is 55.2 Å². The molecule has 1 rings (SSSR count). The quantitative estimate of drug-likeness (QED) is 0.258. The van der Waals surface area contributed by atoms with Crippen molar-refractivity contribution in [2.75, 3.05) is 13.1 Å². The Morgan fingerprint density at radius 2 is 1.72 bits per heavy atom. The second kappa shape index (κ2) is 21.6. The van der Waals surface area contributed by atoms with Crippen molar-refractivity contribution in [3.8, 4) is 0 Å². The summed E-state index contributed by atoms with van der Waals surface area (Å²) in [5.41, 5.74) is 20.0. The first kappa shape index (κ1) is 31.5. The Hall–Kier alpha value is -2.66. The molecule has 1 aliphatic carbocycles. The molecule has 1 fully saturated rings. The molecule has 5 nitrogen and oxygen atoms in total. The molecule has 0 aromatic carbocycles. The van der Waals surface area contributed by atoms with Gasteiger partial charge in [-0.2, -0.15) is 0 Å². The van der Waals surface area contributed by atoms with Crippen LogP contribution in [0.25, 0.3) is 0 Å². The maximum Gasteiger partial charge on any atom is 0.0394 e. The minimum Gasteiger partial charge on any atom is -0.405 e. The number of hydrogen-bond donors (Lipinski definition) is 5. The predicted molar refractivity (Wildman–Crippen MR) is 144 cm³/mol. The van der Waals surface area contributed by atoms with Crippen LogP contribution in [0.15, 0.2) is 85.6 Å². The van der Waals surface area contributed by atoms with E-state index in [9.17, 15) is 0 Å². The Kier molecular flexibility index (Phi) is 21.2. The van der Waals surface area contributed by atoms with Gasteiger partial charge in [0.05, 0.1) is 0 Å². The fraction of sp³-hybridized carbons (Fsp3) is 0.481. The summed E-state index contributed by atoms with van der Waals surface area (Å²) in [5, 5.41) is 6.99. The molecule has 0 spiro atoms. The van der Waals surface area contributed by atoms with Crippen LogP contribution in [0.2, 0.25) is 0 Å². The van der Waals surface area contributed by atoms with Gasteiger partial charge in [-0.05, 0) is 80.3 Å². The van der Waals surface area contributed by atoms with Crippen LogP contribution in [0.1, 0.15) is 53.4 Å². The topological polar surface area (TPSA) is 102 Å². The van der Waals surface area contributed by atoms with Crippen LogP contribution in [0, 0.1) is 11.8 Å². The second-order valence-electron chi connectivity index (χ2n) is 7.51. The third-order valence-corrected chi connectivity index (χ3v) is 5.10. The lowest BCUT2D eigenvalue weighted by Gasteiger charge is -2.34. The zero-order valence-corrected chi connectivity index (χ0v) is 20.9. The minimum atomic E-state index is 0.374. The van der Waals surface area contributed by atoms with Crippen LogP contribution in [-0.4, -0.2) is 19.1 Å². The van der Waals surface area contributed by atoms with E-state index in [1.54, 1.807) is 12.4 Å². The molecule has 0 bridgehead atoms. The molecular weight excluding hydrogens is 394 g/mol. The SMILES string of the molecule is C=CN.C=CNC/C(CC1CC(N)C1)=C(/NC/C(C=C)=C/C)C(C)C/C=C/C=C\N.CC. The summed E-state index contributed by atoms with van der Waals surface area (Å²) < 4.78 is 0. The zero-order valence-electron chi connectivity index (χ0n) is 20.9. The molecule has 0 aromatic rings. The van der Waals surface area contributed by atoms with Gasteiger partial charge >= 0.3 is 0 Å². The van der Waals surface area contributed by atoms with E-state index < -0.39 is 0 Å². The molecule has 5 heteroatoms. The van der Waals surface area contributed by atoms with Gasteiger partial charge in [0, 0.05) is 24.8 Å². The van der Waals surface area contributed by atoms with Gasteiger partial charge in [0.25, 0.3) is 0 Å². The van der Waals surface area contributed by atoms with Crippen LogP contribution in [0.4, 0.5) is 0 Å². The van der Waals surface area contributed by atoms with Crippen LogP contribution < -0.4 is 27.8 Å². The first-order valence-electron chi connectivity index (χ1n) is 11.7. The summed E-state index contributed by atoms with van der Waals surface area (Å²) in [6.45, 7) is 20.8. The summed E-state index contributed by atoms with van der Waals surface area (Å²) in [5.74, 6) is 1.06. The van der Waals surface area contributed by atoms with Crippen LogP contribution in [0.5, 0.6) is 0 Å². The lowest BCUT2D eigenvalue weighted by molar-refractivity contribution is 0.261. The molecule has 8 N–H and O–H groups in total. The fourth-order valence-corrected chi connectivity index (χ4v) is 3.46. The van der Waals surface area contributed by atoms with Crippen molar-refractivity contribution in [2.45, 2.75) is 59.4 Å². The highest BCUT2D eigenvalue weighted by atomic mass is 14.9. The Bertz CT molecular complexity index is 622. The number of rotatable bonds is 13. The Labute approximate surface area is 198 Å². The average molecular weight is 444 g/mol. The summed E-state index contributed by atoms with van der Waals surface area (Å²) in [4.78, 5) is 0. The molecule has 32 heavy (non-hydrogen) atoms. The summed E-state index contributed by atoms with van der Waals surface area (Å²) in [6.07, 6.45) is 18.9. The molecule has 0 amide bonds. The first-order valence-corrected chi connectivity index (χ1v) is 11.7. The molecule has 182 valence electrons. The van der Waals surface area contributed by atoms with E-state index in [0.29, 0.717) is 17.9 Å². The highest BCUT2D eigenvalue weighted by Gasteiger charge is 2.27. The second-order valence-corrected chi connectivity index (χ2v) is 7.51. The predicted octanol–water partition coefficient (Wildman–Crippen LogP) is 4.99. The highest BCUT2D eigenvalue weighted by molar-refractivity contribution is 5.24. The zero-order chi connectivity index (χ0) is 24.8. The molecule has 0 radical (unpaired) electrons. The van der Waals surface area contributed by atoms with Crippen molar-refractivity contribution in [1.82, 2.24) is 10.6 Å². The third-order valence-electron chi connectivity index (χ3n) is 5.10. The normalized spacial score (nSPS) is 19.3. The minimum absolute atomic E-state index is 0.374. The first-order chi connectivity index (χ1) is 15.5. The van der Waals surface area contributed by atoms with E-state index in [1.165, 1.54) is 23.0 Å². The Morgan fingerprint density at radius 1 is 1.09 bits per heavy atom. The van der Waals surface area contributed by atoms with Crippen molar-refractivity contribution in [3.05, 3.63) is 85.6 Å². The Balaban J connectivity index is 0. The monoisotopic (exact) mass is 443 g/mol. The van der Waals surface area contributed by atoms with E-state index in [0.717, 1.165) is 38.8 Å². The Morgan fingerprint density at radius 3 is 2.19 bits per heavy atom. The van der Waals surface area contributed by atoms with Gasteiger partial charge in [0.2, 0.25) is 0 Å². The molecular formula is C27H49N5. The van der Waals surface area contributed by atoms with Gasteiger partial charge in [0.15, 0.2) is 0 Å². The number of hydrogen-bond acceptors (Lipinski definition) is 5. The maximum absolute atomic E-state index is 6.00. The van der Waals surface area contributed by atoms with Crippen molar-refractivity contribution < 1.29 is 0 Å².